The quantitative estimate of drug-likeness (QED) is 0.421. The highest BCUT2D eigenvalue weighted by molar-refractivity contribution is 7.71. The highest BCUT2D eigenvalue weighted by atomic mass is 32.1. The first-order chi connectivity index (χ1) is 14.9. The van der Waals surface area contributed by atoms with Crippen molar-refractivity contribution in [2.24, 2.45) is 0 Å². The highest BCUT2D eigenvalue weighted by Gasteiger charge is 2.24. The molecule has 1 N–H and O–H groups in total. The van der Waals surface area contributed by atoms with Crippen molar-refractivity contribution in [1.29, 1.82) is 0 Å². The summed E-state index contributed by atoms with van der Waals surface area (Å²) in [5.74, 6) is -0.00835. The van der Waals surface area contributed by atoms with Gasteiger partial charge in [0.25, 0.3) is 5.56 Å². The number of para-hydroxylation sites is 1. The summed E-state index contributed by atoms with van der Waals surface area (Å²) >= 11 is 4.89. The first-order valence-electron chi connectivity index (χ1n) is 9.21. The molecule has 3 heterocycles. The lowest BCUT2D eigenvalue weighted by molar-refractivity contribution is 0.0346. The number of H-pyrrole nitrogens is 1. The van der Waals surface area contributed by atoms with E-state index >= 15 is 0 Å². The third-order valence-electron chi connectivity index (χ3n) is 4.23. The summed E-state index contributed by atoms with van der Waals surface area (Å²) < 4.78 is 45.3. The van der Waals surface area contributed by atoms with Gasteiger partial charge in [0.15, 0.2) is 4.77 Å². The second-order valence-electron chi connectivity index (χ2n) is 6.30. The molecule has 1 aromatic carbocycles. The minimum Gasteiger partial charge on any atom is -0.426 e. The van der Waals surface area contributed by atoms with Crippen LogP contribution in [-0.4, -0.2) is 44.9 Å². The summed E-state index contributed by atoms with van der Waals surface area (Å²) in [6.07, 6.45) is 2.00. The molecule has 164 valence electrons. The number of nitrogens with zero attached hydrogens (tertiary/aromatic N) is 1. The molecule has 0 bridgehead atoms. The minimum atomic E-state index is -1.30. The summed E-state index contributed by atoms with van der Waals surface area (Å²) in [5, 5.41) is 0. The molecular formula is C18H21B2F2N2O5PS. The van der Waals surface area contributed by atoms with Crippen molar-refractivity contribution in [3.8, 4) is 5.75 Å². The Bertz CT molecular complexity index is 981. The lowest BCUT2D eigenvalue weighted by Crippen LogP contribution is -2.20. The number of alkyl halides is 1. The molecule has 0 saturated carbocycles. The van der Waals surface area contributed by atoms with E-state index in [2.05, 4.69) is 4.98 Å². The average Bonchev–Trinajstić information content (AvgIpc) is 3.19. The summed E-state index contributed by atoms with van der Waals surface area (Å²) in [4.78, 5) is 13.1. The summed E-state index contributed by atoms with van der Waals surface area (Å²) in [5.41, 5.74) is 1.34. The van der Waals surface area contributed by atoms with Gasteiger partial charge < -0.3 is 13.8 Å². The van der Waals surface area contributed by atoms with E-state index in [1.807, 2.05) is 25.1 Å². The van der Waals surface area contributed by atoms with Crippen LogP contribution in [0.3, 0.4) is 0 Å². The van der Waals surface area contributed by atoms with Crippen LogP contribution in [0.1, 0.15) is 30.2 Å². The molecular weight excluding hydrogens is 447 g/mol. The second-order valence-corrected chi connectivity index (χ2v) is 7.83. The number of nitrogens with one attached hydrogen (secondary N) is 1. The number of aromatic nitrogens is 2. The number of fused-ring (bicyclic) bond motifs is 1. The van der Waals surface area contributed by atoms with Crippen LogP contribution in [0.15, 0.2) is 29.2 Å². The zero-order valence-electron chi connectivity index (χ0n) is 17.0. The molecule has 2 aliphatic heterocycles. The van der Waals surface area contributed by atoms with Crippen LogP contribution in [0.4, 0.5) is 8.78 Å². The van der Waals surface area contributed by atoms with Crippen molar-refractivity contribution in [2.75, 3.05) is 13.7 Å². The van der Waals surface area contributed by atoms with Gasteiger partial charge in [-0.2, -0.15) is 4.39 Å². The Labute approximate surface area is 187 Å². The predicted molar refractivity (Wildman–Crippen MR) is 117 cm³/mol. The normalized spacial score (nSPS) is 21.6. The second kappa shape index (κ2) is 12.5. The molecule has 4 rings (SSSR count). The number of aryl methyl sites for hydroxylation is 1. The van der Waals surface area contributed by atoms with E-state index in [0.29, 0.717) is 26.6 Å². The van der Waals surface area contributed by atoms with Gasteiger partial charge in [-0.1, -0.05) is 18.2 Å². The van der Waals surface area contributed by atoms with Crippen molar-refractivity contribution in [2.45, 2.75) is 38.6 Å². The number of ether oxygens (including phenoxy) is 1. The summed E-state index contributed by atoms with van der Waals surface area (Å²) in [7, 11) is 10.00. The maximum absolute atomic E-state index is 13.0. The standard InChI is InChI=1S/C9H10BO3P.C8H8BFN2O2S.CH3F/c1-7-3-2-4-8-5-11-14(12-6-10)13-9(7)8;9-5-1-2-6(14-5)12-3-4(10)7(13)11-8(12)15;1-2/h2-4H,5-6H2,1H3;3,5-6H,1-2H2,(H,11,13,15);1H3/t;5-,6?;/m.0./s1. The Hall–Kier alpha value is -1.58. The number of aromatic amines is 1. The van der Waals surface area contributed by atoms with Crippen LogP contribution >= 0.6 is 20.8 Å². The maximum Gasteiger partial charge on any atom is 0.396 e. The van der Waals surface area contributed by atoms with Gasteiger partial charge in [0, 0.05) is 18.1 Å². The summed E-state index contributed by atoms with van der Waals surface area (Å²) in [6.45, 7) is 2.65. The van der Waals surface area contributed by atoms with E-state index in [9.17, 15) is 13.6 Å². The maximum atomic E-state index is 13.0. The van der Waals surface area contributed by atoms with Crippen LogP contribution < -0.4 is 10.1 Å². The number of rotatable bonds is 3. The molecule has 1 aromatic heterocycles. The van der Waals surface area contributed by atoms with Gasteiger partial charge >= 0.3 is 8.60 Å². The Morgan fingerprint density at radius 3 is 2.77 bits per heavy atom. The molecule has 0 amide bonds. The molecule has 1 saturated heterocycles. The van der Waals surface area contributed by atoms with Crippen molar-refractivity contribution < 1.29 is 27.1 Å². The molecule has 4 radical (unpaired) electrons. The van der Waals surface area contributed by atoms with E-state index < -0.39 is 20.0 Å². The van der Waals surface area contributed by atoms with Crippen LogP contribution in [0, 0.1) is 17.5 Å². The van der Waals surface area contributed by atoms with Crippen molar-refractivity contribution in [1.82, 2.24) is 9.55 Å². The molecule has 3 atom stereocenters. The smallest absolute Gasteiger partial charge is 0.396 e. The van der Waals surface area contributed by atoms with Crippen LogP contribution in [0.2, 0.25) is 0 Å². The van der Waals surface area contributed by atoms with Gasteiger partial charge in [-0.15, -0.1) is 0 Å². The fraction of sp³-hybridized carbons (Fsp3) is 0.444. The van der Waals surface area contributed by atoms with Gasteiger partial charge in [0.2, 0.25) is 5.82 Å². The van der Waals surface area contributed by atoms with E-state index in [-0.39, 0.29) is 23.5 Å². The van der Waals surface area contributed by atoms with Crippen molar-refractivity contribution >= 4 is 36.5 Å². The monoisotopic (exact) mass is 468 g/mol. The third-order valence-corrected chi connectivity index (χ3v) is 5.57. The SMILES string of the molecule is CF.[B]COP1OCc2cccc(C)c2O1.[B][C@@H]1CCC(n2cc(F)c(=O)[nH]c2=S)O1. The molecule has 2 aliphatic rings. The Kier molecular flexibility index (Phi) is 10.3. The zero-order chi connectivity index (χ0) is 23.0. The van der Waals surface area contributed by atoms with E-state index in [0.717, 1.165) is 23.1 Å². The topological polar surface area (TPSA) is 74.7 Å². The zero-order valence-corrected chi connectivity index (χ0v) is 18.8. The highest BCUT2D eigenvalue weighted by Crippen LogP contribution is 2.47. The van der Waals surface area contributed by atoms with Crippen LogP contribution in [0.25, 0.3) is 0 Å². The molecule has 2 aromatic rings. The van der Waals surface area contributed by atoms with Gasteiger partial charge in [0.05, 0.1) is 20.0 Å². The summed E-state index contributed by atoms with van der Waals surface area (Å²) in [6, 6.07) is 5.61. The van der Waals surface area contributed by atoms with E-state index in [1.54, 1.807) is 0 Å². The third kappa shape index (κ3) is 6.95. The predicted octanol–water partition coefficient (Wildman–Crippen LogP) is 3.71. The average molecular weight is 468 g/mol. The molecule has 0 aliphatic carbocycles. The Morgan fingerprint density at radius 2 is 2.13 bits per heavy atom. The fourth-order valence-corrected chi connectivity index (χ4v) is 4.05. The molecule has 31 heavy (non-hydrogen) atoms. The van der Waals surface area contributed by atoms with Gasteiger partial charge in [-0.05, 0) is 37.5 Å². The molecule has 13 heteroatoms. The number of halogens is 2. The fourth-order valence-electron chi connectivity index (χ4n) is 2.83. The Balaban J connectivity index is 0.000000204. The van der Waals surface area contributed by atoms with Gasteiger partial charge in [-0.3, -0.25) is 23.3 Å². The van der Waals surface area contributed by atoms with Gasteiger partial charge in [-0.25, -0.2) is 0 Å². The van der Waals surface area contributed by atoms with Crippen LogP contribution in [0.5, 0.6) is 5.75 Å². The number of hydrogen-bond acceptors (Lipinski definition) is 6. The first kappa shape index (κ1) is 25.7. The molecule has 2 unspecified atom stereocenters. The largest absolute Gasteiger partial charge is 0.426 e. The van der Waals surface area contributed by atoms with Crippen molar-refractivity contribution in [3.63, 3.8) is 0 Å². The lowest BCUT2D eigenvalue weighted by Gasteiger charge is -2.24. The number of hydrogen-bond donors (Lipinski definition) is 1. The van der Waals surface area contributed by atoms with E-state index in [1.165, 1.54) is 4.57 Å². The van der Waals surface area contributed by atoms with Crippen molar-refractivity contribution in [3.05, 3.63) is 56.5 Å². The Morgan fingerprint density at radius 1 is 1.39 bits per heavy atom. The van der Waals surface area contributed by atoms with Crippen LogP contribution in [-0.2, 0) is 20.4 Å². The first-order valence-corrected chi connectivity index (χ1v) is 10.7. The molecule has 0 spiro atoms. The number of benzene rings is 1. The minimum absolute atomic E-state index is 0.118. The van der Waals surface area contributed by atoms with Gasteiger partial charge in [0.1, 0.15) is 27.7 Å². The van der Waals surface area contributed by atoms with E-state index in [4.69, 9.17) is 46.2 Å². The molecule has 1 fully saturated rings. The lowest BCUT2D eigenvalue weighted by atomic mass is 9.98. The molecule has 7 nitrogen and oxygen atoms in total.